The van der Waals surface area contributed by atoms with Crippen molar-refractivity contribution in [3.63, 3.8) is 0 Å². The highest BCUT2D eigenvalue weighted by molar-refractivity contribution is 5.85. The quantitative estimate of drug-likeness (QED) is 0.939. The molecule has 4 heteroatoms. The number of pyridine rings is 1. The first-order valence-electron chi connectivity index (χ1n) is 7.19. The number of aromatic carboxylic acids is 1. The molecule has 2 unspecified atom stereocenters. The van der Waals surface area contributed by atoms with Gasteiger partial charge in [-0.25, -0.2) is 9.78 Å². The number of hydrogen-bond acceptors (Lipinski definition) is 3. The molecule has 4 nitrogen and oxygen atoms in total. The zero-order valence-corrected chi connectivity index (χ0v) is 11.9. The molecule has 0 spiro atoms. The van der Waals surface area contributed by atoms with Crippen LogP contribution < -0.4 is 4.90 Å². The van der Waals surface area contributed by atoms with E-state index >= 15 is 0 Å². The van der Waals surface area contributed by atoms with Gasteiger partial charge in [-0.15, -0.1) is 0 Å². The molecule has 3 rings (SSSR count). The van der Waals surface area contributed by atoms with Crippen molar-refractivity contribution in [2.24, 2.45) is 0 Å². The lowest BCUT2D eigenvalue weighted by atomic mass is 9.93. The van der Waals surface area contributed by atoms with Crippen LogP contribution in [0.2, 0.25) is 0 Å². The molecule has 2 heterocycles. The fourth-order valence-electron chi connectivity index (χ4n) is 3.11. The number of carboxylic acid groups (broad SMARTS) is 1. The van der Waals surface area contributed by atoms with E-state index in [1.807, 2.05) is 12.1 Å². The van der Waals surface area contributed by atoms with Gasteiger partial charge in [0.15, 0.2) is 5.69 Å². The summed E-state index contributed by atoms with van der Waals surface area (Å²) in [5.74, 6) is 0.227. The number of rotatable bonds is 3. The van der Waals surface area contributed by atoms with Crippen molar-refractivity contribution in [1.29, 1.82) is 0 Å². The molecular weight excluding hydrogens is 264 g/mol. The van der Waals surface area contributed by atoms with E-state index in [-0.39, 0.29) is 5.69 Å². The number of carboxylic acids is 1. The molecule has 0 saturated carbocycles. The van der Waals surface area contributed by atoms with Crippen molar-refractivity contribution in [3.05, 3.63) is 59.8 Å². The SMILES string of the molecule is CC1C(c2ccccc2)CCN1c1cccc(C(=O)O)n1. The van der Waals surface area contributed by atoms with Crippen LogP contribution in [-0.4, -0.2) is 28.6 Å². The van der Waals surface area contributed by atoms with Crippen LogP contribution in [0.3, 0.4) is 0 Å². The monoisotopic (exact) mass is 282 g/mol. The summed E-state index contributed by atoms with van der Waals surface area (Å²) in [7, 11) is 0. The Balaban J connectivity index is 1.85. The molecule has 1 aromatic carbocycles. The Bertz CT molecular complexity index is 642. The lowest BCUT2D eigenvalue weighted by molar-refractivity contribution is 0.0690. The first-order valence-corrected chi connectivity index (χ1v) is 7.19. The summed E-state index contributed by atoms with van der Waals surface area (Å²) in [5.41, 5.74) is 1.43. The van der Waals surface area contributed by atoms with E-state index in [1.165, 1.54) is 11.6 Å². The molecule has 108 valence electrons. The molecule has 0 bridgehead atoms. The molecule has 1 fully saturated rings. The zero-order valence-electron chi connectivity index (χ0n) is 11.9. The maximum atomic E-state index is 11.1. The van der Waals surface area contributed by atoms with Crippen molar-refractivity contribution >= 4 is 11.8 Å². The summed E-state index contributed by atoms with van der Waals surface area (Å²) >= 11 is 0. The maximum Gasteiger partial charge on any atom is 0.354 e. The van der Waals surface area contributed by atoms with E-state index in [9.17, 15) is 4.79 Å². The highest BCUT2D eigenvalue weighted by Crippen LogP contribution is 2.35. The molecular formula is C17H18N2O2. The predicted octanol–water partition coefficient (Wildman–Crippen LogP) is 3.16. The average Bonchev–Trinajstić information content (AvgIpc) is 2.90. The molecule has 1 aromatic heterocycles. The number of hydrogen-bond donors (Lipinski definition) is 1. The fourth-order valence-corrected chi connectivity index (χ4v) is 3.11. The Morgan fingerprint density at radius 3 is 2.67 bits per heavy atom. The Labute approximate surface area is 124 Å². The van der Waals surface area contributed by atoms with E-state index < -0.39 is 5.97 Å². The van der Waals surface area contributed by atoms with E-state index in [4.69, 9.17) is 5.11 Å². The number of aromatic nitrogens is 1. The summed E-state index contributed by atoms with van der Waals surface area (Å²) in [6.45, 7) is 3.08. The van der Waals surface area contributed by atoms with Crippen LogP contribution in [0.4, 0.5) is 5.82 Å². The normalized spacial score (nSPS) is 21.5. The van der Waals surface area contributed by atoms with Crippen LogP contribution in [0.1, 0.15) is 35.3 Å². The summed E-state index contributed by atoms with van der Waals surface area (Å²) < 4.78 is 0. The second-order valence-corrected chi connectivity index (χ2v) is 5.43. The second kappa shape index (κ2) is 5.56. The predicted molar refractivity (Wildman–Crippen MR) is 81.8 cm³/mol. The molecule has 1 aliphatic rings. The van der Waals surface area contributed by atoms with E-state index in [0.717, 1.165) is 18.8 Å². The Hall–Kier alpha value is -2.36. The minimum Gasteiger partial charge on any atom is -0.477 e. The summed E-state index contributed by atoms with van der Waals surface area (Å²) in [5, 5.41) is 9.07. The van der Waals surface area contributed by atoms with Crippen LogP contribution in [0, 0.1) is 0 Å². The molecule has 2 aromatic rings. The molecule has 2 atom stereocenters. The summed E-state index contributed by atoms with van der Waals surface area (Å²) in [4.78, 5) is 17.5. The molecule has 1 N–H and O–H groups in total. The van der Waals surface area contributed by atoms with Gasteiger partial charge >= 0.3 is 5.97 Å². The van der Waals surface area contributed by atoms with Gasteiger partial charge in [0.2, 0.25) is 0 Å². The smallest absolute Gasteiger partial charge is 0.354 e. The largest absolute Gasteiger partial charge is 0.477 e. The molecule has 0 radical (unpaired) electrons. The standard InChI is InChI=1S/C17H18N2O2/c1-12-14(13-6-3-2-4-7-13)10-11-19(12)16-9-5-8-15(18-16)17(20)21/h2-9,12,14H,10-11H2,1H3,(H,20,21). The third kappa shape index (κ3) is 2.61. The first kappa shape index (κ1) is 13.6. The maximum absolute atomic E-state index is 11.1. The van der Waals surface area contributed by atoms with Crippen molar-refractivity contribution in [3.8, 4) is 0 Å². The highest BCUT2D eigenvalue weighted by atomic mass is 16.4. The number of nitrogens with zero attached hydrogens (tertiary/aromatic N) is 2. The Kier molecular flexibility index (Phi) is 3.60. The van der Waals surface area contributed by atoms with Gasteiger partial charge in [-0.2, -0.15) is 0 Å². The Morgan fingerprint density at radius 1 is 1.19 bits per heavy atom. The molecule has 0 amide bonds. The summed E-state index contributed by atoms with van der Waals surface area (Å²) in [6, 6.07) is 16.0. The van der Waals surface area contributed by atoms with Gasteiger partial charge < -0.3 is 10.0 Å². The third-order valence-corrected chi connectivity index (χ3v) is 4.23. The third-order valence-electron chi connectivity index (χ3n) is 4.23. The van der Waals surface area contributed by atoms with E-state index in [2.05, 4.69) is 41.1 Å². The van der Waals surface area contributed by atoms with Crippen LogP contribution >= 0.6 is 0 Å². The van der Waals surface area contributed by atoms with Crippen LogP contribution in [0.15, 0.2) is 48.5 Å². The summed E-state index contributed by atoms with van der Waals surface area (Å²) in [6.07, 6.45) is 1.06. The zero-order chi connectivity index (χ0) is 14.8. The van der Waals surface area contributed by atoms with Gasteiger partial charge in [0.05, 0.1) is 0 Å². The van der Waals surface area contributed by atoms with Crippen LogP contribution in [0.25, 0.3) is 0 Å². The van der Waals surface area contributed by atoms with Crippen molar-refractivity contribution < 1.29 is 9.90 Å². The fraction of sp³-hybridized carbons (Fsp3) is 0.294. The number of anilines is 1. The van der Waals surface area contributed by atoms with Gasteiger partial charge in [-0.3, -0.25) is 0 Å². The average molecular weight is 282 g/mol. The topological polar surface area (TPSA) is 53.4 Å². The minimum absolute atomic E-state index is 0.0999. The number of carbonyl (C=O) groups is 1. The molecule has 1 saturated heterocycles. The van der Waals surface area contributed by atoms with Gasteiger partial charge in [-0.1, -0.05) is 36.4 Å². The highest BCUT2D eigenvalue weighted by Gasteiger charge is 2.32. The molecule has 0 aliphatic carbocycles. The van der Waals surface area contributed by atoms with Crippen molar-refractivity contribution in [2.75, 3.05) is 11.4 Å². The molecule has 1 aliphatic heterocycles. The van der Waals surface area contributed by atoms with Crippen LogP contribution in [0.5, 0.6) is 0 Å². The van der Waals surface area contributed by atoms with Crippen molar-refractivity contribution in [2.45, 2.75) is 25.3 Å². The Morgan fingerprint density at radius 2 is 1.95 bits per heavy atom. The van der Waals surface area contributed by atoms with E-state index in [0.29, 0.717) is 12.0 Å². The second-order valence-electron chi connectivity index (χ2n) is 5.43. The van der Waals surface area contributed by atoms with Crippen LogP contribution in [-0.2, 0) is 0 Å². The number of benzene rings is 1. The van der Waals surface area contributed by atoms with Gasteiger partial charge in [0, 0.05) is 18.5 Å². The van der Waals surface area contributed by atoms with Gasteiger partial charge in [0.25, 0.3) is 0 Å². The molecule has 21 heavy (non-hydrogen) atoms. The van der Waals surface area contributed by atoms with Gasteiger partial charge in [0.1, 0.15) is 5.82 Å². The first-order chi connectivity index (χ1) is 10.2. The lowest BCUT2D eigenvalue weighted by Gasteiger charge is -2.26. The van der Waals surface area contributed by atoms with Gasteiger partial charge in [-0.05, 0) is 31.0 Å². The minimum atomic E-state index is -0.983. The lowest BCUT2D eigenvalue weighted by Crippen LogP contribution is -2.30. The van der Waals surface area contributed by atoms with E-state index in [1.54, 1.807) is 6.07 Å². The van der Waals surface area contributed by atoms with Crippen molar-refractivity contribution in [1.82, 2.24) is 4.98 Å².